The van der Waals surface area contributed by atoms with Crippen LogP contribution in [0.25, 0.3) is 11.0 Å². The molecule has 0 atom stereocenters. The number of carbonyl (C=O) groups is 1. The van der Waals surface area contributed by atoms with Gasteiger partial charge in [-0.1, -0.05) is 12.1 Å². The lowest BCUT2D eigenvalue weighted by molar-refractivity contribution is 0.0925. The number of amides is 1. The van der Waals surface area contributed by atoms with Gasteiger partial charge < -0.3 is 14.6 Å². The average Bonchev–Trinajstić information content (AvgIpc) is 3.17. The SMILES string of the molecule is CN1CCC(S(=O)(=O)c2ccc(CNC(=O)c3cc4ccncc4o3)cc2)CC1.[HH]. The van der Waals surface area contributed by atoms with Gasteiger partial charge in [0.1, 0.15) is 0 Å². The quantitative estimate of drug-likeness (QED) is 0.689. The molecule has 3 aromatic rings. The molecule has 1 N–H and O–H groups in total. The van der Waals surface area contributed by atoms with Crippen molar-refractivity contribution in [3.63, 3.8) is 0 Å². The smallest absolute Gasteiger partial charge is 0.287 e. The first-order valence-electron chi connectivity index (χ1n) is 9.56. The molecular weight excluding hydrogens is 390 g/mol. The fourth-order valence-corrected chi connectivity index (χ4v) is 5.28. The molecule has 8 heteroatoms. The second kappa shape index (κ2) is 7.96. The Morgan fingerprint density at radius 2 is 1.97 bits per heavy atom. The first-order chi connectivity index (χ1) is 13.9. The van der Waals surface area contributed by atoms with E-state index in [1.165, 1.54) is 0 Å². The minimum atomic E-state index is -3.33. The van der Waals surface area contributed by atoms with Gasteiger partial charge >= 0.3 is 0 Å². The zero-order valence-electron chi connectivity index (χ0n) is 16.2. The molecule has 154 valence electrons. The summed E-state index contributed by atoms with van der Waals surface area (Å²) in [5.41, 5.74) is 1.37. The topological polar surface area (TPSA) is 92.5 Å². The van der Waals surface area contributed by atoms with Crippen molar-refractivity contribution < 1.29 is 19.1 Å². The summed E-state index contributed by atoms with van der Waals surface area (Å²) < 4.78 is 31.2. The molecule has 1 fully saturated rings. The molecule has 0 unspecified atom stereocenters. The monoisotopic (exact) mass is 415 g/mol. The zero-order valence-corrected chi connectivity index (χ0v) is 17.0. The fraction of sp³-hybridized carbons (Fsp3) is 0.333. The Labute approximate surface area is 171 Å². The van der Waals surface area contributed by atoms with Crippen molar-refractivity contribution in [1.29, 1.82) is 0 Å². The Morgan fingerprint density at radius 1 is 1.24 bits per heavy atom. The Morgan fingerprint density at radius 3 is 2.66 bits per heavy atom. The second-order valence-electron chi connectivity index (χ2n) is 7.40. The third kappa shape index (κ3) is 4.18. The molecule has 0 saturated carbocycles. The van der Waals surface area contributed by atoms with Gasteiger partial charge in [-0.2, -0.15) is 0 Å². The van der Waals surface area contributed by atoms with E-state index in [9.17, 15) is 13.2 Å². The lowest BCUT2D eigenvalue weighted by Crippen LogP contribution is -2.37. The average molecular weight is 416 g/mol. The molecule has 4 rings (SSSR count). The number of piperidine rings is 1. The number of carbonyl (C=O) groups excluding carboxylic acids is 1. The summed E-state index contributed by atoms with van der Waals surface area (Å²) in [5, 5.41) is 3.28. The summed E-state index contributed by atoms with van der Waals surface area (Å²) in [7, 11) is -1.32. The van der Waals surface area contributed by atoms with E-state index in [0.29, 0.717) is 23.3 Å². The van der Waals surface area contributed by atoms with Crippen molar-refractivity contribution in [2.45, 2.75) is 29.5 Å². The van der Waals surface area contributed by atoms with Crippen LogP contribution in [0.1, 0.15) is 30.4 Å². The zero-order chi connectivity index (χ0) is 20.4. The number of aromatic nitrogens is 1. The molecule has 3 heterocycles. The van der Waals surface area contributed by atoms with Crippen molar-refractivity contribution in [1.82, 2.24) is 15.2 Å². The van der Waals surface area contributed by atoms with E-state index < -0.39 is 9.84 Å². The molecule has 1 saturated heterocycles. The second-order valence-corrected chi connectivity index (χ2v) is 9.63. The molecule has 1 amide bonds. The van der Waals surface area contributed by atoms with E-state index in [1.54, 1.807) is 48.8 Å². The summed E-state index contributed by atoms with van der Waals surface area (Å²) in [4.78, 5) is 18.8. The van der Waals surface area contributed by atoms with Crippen molar-refractivity contribution >= 4 is 26.7 Å². The molecule has 0 bridgehead atoms. The minimum Gasteiger partial charge on any atom is -0.449 e. The number of nitrogens with zero attached hydrogens (tertiary/aromatic N) is 2. The highest BCUT2D eigenvalue weighted by atomic mass is 32.2. The van der Waals surface area contributed by atoms with Crippen molar-refractivity contribution in [3.8, 4) is 0 Å². The summed E-state index contributed by atoms with van der Waals surface area (Å²) in [6.07, 6.45) is 4.52. The van der Waals surface area contributed by atoms with Crippen LogP contribution in [0.5, 0.6) is 0 Å². The van der Waals surface area contributed by atoms with Crippen LogP contribution in [0.15, 0.2) is 58.1 Å². The van der Waals surface area contributed by atoms with Gasteiger partial charge in [0.2, 0.25) is 0 Å². The molecule has 0 aliphatic carbocycles. The van der Waals surface area contributed by atoms with Crippen LogP contribution >= 0.6 is 0 Å². The number of furan rings is 1. The molecule has 0 spiro atoms. The van der Waals surface area contributed by atoms with Gasteiger partial charge in [0, 0.05) is 19.6 Å². The molecule has 1 aliphatic heterocycles. The number of likely N-dealkylation sites (tertiary alicyclic amines) is 1. The van der Waals surface area contributed by atoms with Gasteiger partial charge in [-0.15, -0.1) is 0 Å². The van der Waals surface area contributed by atoms with Gasteiger partial charge in [-0.25, -0.2) is 8.42 Å². The van der Waals surface area contributed by atoms with Gasteiger partial charge in [0.25, 0.3) is 5.91 Å². The van der Waals surface area contributed by atoms with E-state index in [-0.39, 0.29) is 24.9 Å². The lowest BCUT2D eigenvalue weighted by Gasteiger charge is -2.28. The first-order valence-corrected chi connectivity index (χ1v) is 11.1. The standard InChI is InChI=1S/C21H23N3O4S.H2/c1-24-10-7-18(8-11-24)29(26,27)17-4-2-15(3-5-17)13-23-21(25)19-12-16-6-9-22-14-20(16)28-19;/h2-6,9,12,14,18H,7-8,10-11,13H2,1H3,(H,23,25);1H. The Kier molecular flexibility index (Phi) is 5.38. The van der Waals surface area contributed by atoms with Gasteiger partial charge in [0.15, 0.2) is 21.2 Å². The third-order valence-electron chi connectivity index (χ3n) is 5.36. The largest absolute Gasteiger partial charge is 0.449 e. The molecule has 1 aromatic carbocycles. The molecule has 7 nitrogen and oxygen atoms in total. The normalized spacial score (nSPS) is 16.2. The number of sulfone groups is 1. The van der Waals surface area contributed by atoms with Crippen LogP contribution in [0.2, 0.25) is 0 Å². The Balaban J connectivity index is 0.00000256. The summed E-state index contributed by atoms with van der Waals surface area (Å²) in [5.74, 6) is -0.112. The van der Waals surface area contributed by atoms with E-state index >= 15 is 0 Å². The molecule has 1 aliphatic rings. The summed E-state index contributed by atoms with van der Waals surface area (Å²) >= 11 is 0. The number of nitrogens with one attached hydrogen (secondary N) is 1. The molecule has 2 aromatic heterocycles. The predicted octanol–water partition coefficient (Wildman–Crippen LogP) is 2.87. The Hall–Kier alpha value is -2.71. The van der Waals surface area contributed by atoms with Crippen LogP contribution < -0.4 is 5.32 Å². The van der Waals surface area contributed by atoms with E-state index in [4.69, 9.17) is 4.42 Å². The minimum absolute atomic E-state index is 0. The van der Waals surface area contributed by atoms with E-state index in [0.717, 1.165) is 24.0 Å². The fourth-order valence-electron chi connectivity index (χ4n) is 3.55. The highest BCUT2D eigenvalue weighted by Crippen LogP contribution is 2.24. The van der Waals surface area contributed by atoms with Crippen LogP contribution in [-0.2, 0) is 16.4 Å². The van der Waals surface area contributed by atoms with E-state index in [1.807, 2.05) is 7.05 Å². The number of fused-ring (bicyclic) bond motifs is 1. The Bertz CT molecular complexity index is 1090. The third-order valence-corrected chi connectivity index (χ3v) is 7.63. The van der Waals surface area contributed by atoms with Crippen LogP contribution in [-0.4, -0.2) is 49.6 Å². The number of hydrogen-bond acceptors (Lipinski definition) is 6. The predicted molar refractivity (Wildman–Crippen MR) is 111 cm³/mol. The van der Waals surface area contributed by atoms with Crippen LogP contribution in [0.4, 0.5) is 0 Å². The maximum atomic E-state index is 12.8. The number of hydrogen-bond donors (Lipinski definition) is 1. The molecule has 0 radical (unpaired) electrons. The summed E-state index contributed by atoms with van der Waals surface area (Å²) in [6.45, 7) is 1.88. The number of rotatable bonds is 5. The summed E-state index contributed by atoms with van der Waals surface area (Å²) in [6, 6.07) is 10.2. The number of pyridine rings is 1. The lowest BCUT2D eigenvalue weighted by atomic mass is 10.1. The first kappa shape index (κ1) is 19.6. The highest BCUT2D eigenvalue weighted by molar-refractivity contribution is 7.92. The van der Waals surface area contributed by atoms with Gasteiger partial charge in [-0.05, 0) is 62.8 Å². The molecular formula is C21H25N3O4S. The van der Waals surface area contributed by atoms with Gasteiger partial charge in [-0.3, -0.25) is 9.78 Å². The maximum absolute atomic E-state index is 12.8. The van der Waals surface area contributed by atoms with Crippen molar-refractivity contribution in [3.05, 3.63) is 60.1 Å². The molecule has 29 heavy (non-hydrogen) atoms. The van der Waals surface area contributed by atoms with Crippen LogP contribution in [0.3, 0.4) is 0 Å². The van der Waals surface area contributed by atoms with Crippen LogP contribution in [0, 0.1) is 0 Å². The maximum Gasteiger partial charge on any atom is 0.287 e. The number of benzene rings is 1. The van der Waals surface area contributed by atoms with Crippen molar-refractivity contribution in [2.75, 3.05) is 20.1 Å². The van der Waals surface area contributed by atoms with E-state index in [2.05, 4.69) is 15.2 Å². The van der Waals surface area contributed by atoms with Crippen molar-refractivity contribution in [2.24, 2.45) is 0 Å². The van der Waals surface area contributed by atoms with Gasteiger partial charge in [0.05, 0.1) is 16.3 Å². The highest BCUT2D eigenvalue weighted by Gasteiger charge is 2.30.